The van der Waals surface area contributed by atoms with E-state index in [1.54, 1.807) is 0 Å². The van der Waals surface area contributed by atoms with Crippen molar-refractivity contribution in [2.75, 3.05) is 39.6 Å². The molecule has 0 aromatic carbocycles. The van der Waals surface area contributed by atoms with Crippen LogP contribution in [0.15, 0.2) is 0 Å². The highest BCUT2D eigenvalue weighted by atomic mass is 16.5. The number of aliphatic hydroxyl groups excluding tert-OH is 3. The van der Waals surface area contributed by atoms with Gasteiger partial charge in [-0.1, -0.05) is 0 Å². The molecule has 7 heteroatoms. The highest BCUT2D eigenvalue weighted by molar-refractivity contribution is 5.78. The lowest BCUT2D eigenvalue weighted by molar-refractivity contribution is -0.129. The van der Waals surface area contributed by atoms with E-state index >= 15 is 0 Å². The highest BCUT2D eigenvalue weighted by Crippen LogP contribution is 2.00. The summed E-state index contributed by atoms with van der Waals surface area (Å²) in [6.07, 6.45) is 0. The summed E-state index contributed by atoms with van der Waals surface area (Å²) in [5.74, 6) is -0.527. The molecule has 0 aliphatic rings. The minimum absolute atomic E-state index is 0.223. The van der Waals surface area contributed by atoms with Crippen molar-refractivity contribution >= 4 is 5.91 Å². The molecule has 1 amide bonds. The Morgan fingerprint density at radius 2 is 1.80 bits per heavy atom. The van der Waals surface area contributed by atoms with Gasteiger partial charge in [-0.15, -0.1) is 0 Å². The third kappa shape index (κ3) is 5.05. The van der Waals surface area contributed by atoms with Gasteiger partial charge in [0.1, 0.15) is 12.1 Å². The molecule has 0 rings (SSSR count). The molecule has 0 unspecified atom stereocenters. The molecule has 0 aliphatic carbocycles. The monoisotopic (exact) mass is 222 g/mol. The van der Waals surface area contributed by atoms with Crippen LogP contribution in [0.3, 0.4) is 0 Å². The van der Waals surface area contributed by atoms with Gasteiger partial charge in [-0.25, -0.2) is 0 Å². The van der Waals surface area contributed by atoms with Gasteiger partial charge >= 0.3 is 0 Å². The number of carbonyl (C=O) groups is 1. The fraction of sp³-hybridized carbons (Fsp3) is 0.875. The van der Waals surface area contributed by atoms with Crippen molar-refractivity contribution in [2.45, 2.75) is 5.54 Å². The topological polar surface area (TPSA) is 125 Å². The fourth-order valence-corrected chi connectivity index (χ4v) is 0.849. The van der Waals surface area contributed by atoms with Crippen LogP contribution in [-0.4, -0.2) is 66.3 Å². The third-order valence-electron chi connectivity index (χ3n) is 1.81. The largest absolute Gasteiger partial charge is 0.394 e. The van der Waals surface area contributed by atoms with Gasteiger partial charge in [-0.2, -0.15) is 0 Å². The number of ether oxygens (including phenoxy) is 1. The predicted molar refractivity (Wildman–Crippen MR) is 52.0 cm³/mol. The average Bonchev–Trinajstić information content (AvgIpc) is 2.26. The fourth-order valence-electron chi connectivity index (χ4n) is 0.849. The summed E-state index contributed by atoms with van der Waals surface area (Å²) in [6.45, 7) is -1.33. The number of nitrogens with one attached hydrogen (secondary N) is 1. The van der Waals surface area contributed by atoms with E-state index in [-0.39, 0.29) is 13.2 Å². The van der Waals surface area contributed by atoms with Crippen LogP contribution in [0, 0.1) is 0 Å². The van der Waals surface area contributed by atoms with Crippen LogP contribution in [0.1, 0.15) is 0 Å². The lowest BCUT2D eigenvalue weighted by atomic mass is 10.0. The van der Waals surface area contributed by atoms with Crippen LogP contribution in [0.4, 0.5) is 0 Å². The quantitative estimate of drug-likeness (QED) is 0.275. The van der Waals surface area contributed by atoms with E-state index in [2.05, 4.69) is 5.32 Å². The van der Waals surface area contributed by atoms with Gasteiger partial charge in [0, 0.05) is 6.54 Å². The summed E-state index contributed by atoms with van der Waals surface area (Å²) < 4.78 is 4.84. The van der Waals surface area contributed by atoms with Crippen LogP contribution in [0.2, 0.25) is 0 Å². The summed E-state index contributed by atoms with van der Waals surface area (Å²) in [4.78, 5) is 11.2. The number of aliphatic hydroxyl groups is 3. The van der Waals surface area contributed by atoms with Gasteiger partial charge in [0.25, 0.3) is 0 Å². The Labute approximate surface area is 87.8 Å². The summed E-state index contributed by atoms with van der Waals surface area (Å²) in [6, 6.07) is 0. The van der Waals surface area contributed by atoms with Gasteiger partial charge in [0.2, 0.25) is 5.91 Å². The van der Waals surface area contributed by atoms with E-state index in [4.69, 9.17) is 25.8 Å². The lowest BCUT2D eigenvalue weighted by Gasteiger charge is -2.28. The number of carbonyl (C=O) groups excluding carboxylic acids is 1. The molecule has 6 N–H and O–H groups in total. The van der Waals surface area contributed by atoms with E-state index in [9.17, 15) is 4.79 Å². The molecule has 0 heterocycles. The molecular weight excluding hydrogens is 204 g/mol. The Balaban J connectivity index is 4.00. The molecule has 90 valence electrons. The first-order valence-electron chi connectivity index (χ1n) is 4.55. The summed E-state index contributed by atoms with van der Waals surface area (Å²) in [5.41, 5.74) is 3.74. The second-order valence-electron chi connectivity index (χ2n) is 3.14. The Bertz CT molecular complexity index is 176. The summed E-state index contributed by atoms with van der Waals surface area (Å²) in [5, 5.41) is 29.0. The van der Waals surface area contributed by atoms with Gasteiger partial charge in [-0.3, -0.25) is 4.79 Å². The van der Waals surface area contributed by atoms with Crippen LogP contribution < -0.4 is 11.1 Å². The van der Waals surface area contributed by atoms with E-state index in [1.807, 2.05) is 0 Å². The minimum Gasteiger partial charge on any atom is -0.394 e. The van der Waals surface area contributed by atoms with Crippen LogP contribution >= 0.6 is 0 Å². The number of amides is 1. The Kier molecular flexibility index (Phi) is 7.18. The maximum atomic E-state index is 11.2. The number of hydrogen-bond donors (Lipinski definition) is 5. The Hall–Kier alpha value is -0.730. The molecule has 0 bridgehead atoms. The SMILES string of the molecule is NCCOCC(=O)NC(CO)(CO)CO. The van der Waals surface area contributed by atoms with Crippen LogP contribution in [0.25, 0.3) is 0 Å². The zero-order chi connectivity index (χ0) is 11.7. The molecule has 7 nitrogen and oxygen atoms in total. The smallest absolute Gasteiger partial charge is 0.246 e. The predicted octanol–water partition coefficient (Wildman–Crippen LogP) is -3.21. The number of rotatable bonds is 8. The first kappa shape index (κ1) is 14.3. The first-order chi connectivity index (χ1) is 7.14. The molecule has 0 aliphatic heterocycles. The lowest BCUT2D eigenvalue weighted by Crippen LogP contribution is -2.57. The third-order valence-corrected chi connectivity index (χ3v) is 1.81. The second kappa shape index (κ2) is 7.55. The molecule has 0 radical (unpaired) electrons. The normalized spacial score (nSPS) is 11.5. The van der Waals surface area contributed by atoms with E-state index < -0.39 is 31.3 Å². The second-order valence-corrected chi connectivity index (χ2v) is 3.14. The molecular formula is C8H18N2O5. The Morgan fingerprint density at radius 1 is 1.27 bits per heavy atom. The van der Waals surface area contributed by atoms with Crippen LogP contribution in [0.5, 0.6) is 0 Å². The molecule has 0 saturated heterocycles. The zero-order valence-corrected chi connectivity index (χ0v) is 8.48. The van der Waals surface area contributed by atoms with Crippen molar-refractivity contribution in [3.63, 3.8) is 0 Å². The molecule has 0 aromatic heterocycles. The average molecular weight is 222 g/mol. The molecule has 0 saturated carbocycles. The standard InChI is InChI=1S/C8H18N2O5/c9-1-2-15-3-7(14)10-8(4-11,5-12)6-13/h11-13H,1-6,9H2,(H,10,14). The van der Waals surface area contributed by atoms with Crippen molar-refractivity contribution in [2.24, 2.45) is 5.73 Å². The van der Waals surface area contributed by atoms with Crippen molar-refractivity contribution in [3.05, 3.63) is 0 Å². The highest BCUT2D eigenvalue weighted by Gasteiger charge is 2.29. The van der Waals surface area contributed by atoms with Crippen LogP contribution in [-0.2, 0) is 9.53 Å². The van der Waals surface area contributed by atoms with E-state index in [0.717, 1.165) is 0 Å². The van der Waals surface area contributed by atoms with Gasteiger partial charge in [0.05, 0.1) is 26.4 Å². The van der Waals surface area contributed by atoms with E-state index in [1.165, 1.54) is 0 Å². The van der Waals surface area contributed by atoms with Gasteiger partial charge < -0.3 is 31.1 Å². The first-order valence-corrected chi connectivity index (χ1v) is 4.55. The number of hydrogen-bond acceptors (Lipinski definition) is 6. The van der Waals surface area contributed by atoms with E-state index in [0.29, 0.717) is 6.54 Å². The van der Waals surface area contributed by atoms with Gasteiger partial charge in [-0.05, 0) is 0 Å². The van der Waals surface area contributed by atoms with Crippen molar-refractivity contribution < 1.29 is 24.9 Å². The summed E-state index contributed by atoms with van der Waals surface area (Å²) >= 11 is 0. The molecule has 0 atom stereocenters. The van der Waals surface area contributed by atoms with Crippen molar-refractivity contribution in [1.29, 1.82) is 0 Å². The van der Waals surface area contributed by atoms with Gasteiger partial charge in [0.15, 0.2) is 0 Å². The Morgan fingerprint density at radius 3 is 2.20 bits per heavy atom. The van der Waals surface area contributed by atoms with Crippen molar-refractivity contribution in [3.8, 4) is 0 Å². The number of nitrogens with two attached hydrogens (primary N) is 1. The maximum absolute atomic E-state index is 11.2. The maximum Gasteiger partial charge on any atom is 0.246 e. The molecule has 0 spiro atoms. The minimum atomic E-state index is -1.40. The van der Waals surface area contributed by atoms with Crippen molar-refractivity contribution in [1.82, 2.24) is 5.32 Å². The molecule has 15 heavy (non-hydrogen) atoms. The zero-order valence-electron chi connectivity index (χ0n) is 8.48. The molecule has 0 aromatic rings. The molecule has 0 fully saturated rings. The summed E-state index contributed by atoms with van der Waals surface area (Å²) in [7, 11) is 0.